The van der Waals surface area contributed by atoms with Gasteiger partial charge in [-0.2, -0.15) is 0 Å². The molecule has 0 bridgehead atoms. The largest absolute Gasteiger partial charge is 0.468 e. The van der Waals surface area contributed by atoms with Crippen molar-refractivity contribution in [2.24, 2.45) is 0 Å². The summed E-state index contributed by atoms with van der Waals surface area (Å²) < 4.78 is 17.2. The van der Waals surface area contributed by atoms with Gasteiger partial charge >= 0.3 is 0 Å². The molecule has 2 aromatic rings. The normalized spacial score (nSPS) is 28.3. The molecule has 3 atom stereocenters. The first kappa shape index (κ1) is 15.0. The van der Waals surface area contributed by atoms with Gasteiger partial charge in [0.1, 0.15) is 11.5 Å². The van der Waals surface area contributed by atoms with E-state index in [-0.39, 0.29) is 6.10 Å². The van der Waals surface area contributed by atoms with E-state index in [9.17, 15) is 0 Å². The SMILES string of the molecule is CN(Cc1ccco1)[C@@H]1CN(Cc2ccco2)[C@@H]2CCCO[C@H]12. The summed E-state index contributed by atoms with van der Waals surface area (Å²) in [6, 6.07) is 8.87. The van der Waals surface area contributed by atoms with Crippen LogP contribution in [0.3, 0.4) is 0 Å². The van der Waals surface area contributed by atoms with E-state index in [1.54, 1.807) is 12.5 Å². The van der Waals surface area contributed by atoms with Gasteiger partial charge in [0.2, 0.25) is 0 Å². The number of hydrogen-bond donors (Lipinski definition) is 0. The molecule has 0 aromatic carbocycles. The lowest BCUT2D eigenvalue weighted by molar-refractivity contribution is -0.0396. The second-order valence-electron chi connectivity index (χ2n) is 6.62. The van der Waals surface area contributed by atoms with Crippen LogP contribution in [0.1, 0.15) is 24.4 Å². The zero-order valence-electron chi connectivity index (χ0n) is 13.6. The van der Waals surface area contributed by atoms with E-state index in [2.05, 4.69) is 22.9 Å². The van der Waals surface area contributed by atoms with Crippen molar-refractivity contribution in [3.05, 3.63) is 48.3 Å². The number of rotatable bonds is 5. The minimum Gasteiger partial charge on any atom is -0.468 e. The third-order valence-electron chi connectivity index (χ3n) is 5.09. The molecule has 0 N–H and O–H groups in total. The van der Waals surface area contributed by atoms with Gasteiger partial charge in [0.05, 0.1) is 37.8 Å². The highest BCUT2D eigenvalue weighted by Gasteiger charge is 2.45. The fraction of sp³-hybridized carbons (Fsp3) is 0.556. The summed E-state index contributed by atoms with van der Waals surface area (Å²) in [7, 11) is 2.17. The van der Waals surface area contributed by atoms with E-state index in [0.29, 0.717) is 12.1 Å². The van der Waals surface area contributed by atoms with Gasteiger partial charge in [-0.05, 0) is 44.2 Å². The van der Waals surface area contributed by atoms with Crippen LogP contribution in [0.15, 0.2) is 45.6 Å². The van der Waals surface area contributed by atoms with Gasteiger partial charge in [-0.15, -0.1) is 0 Å². The highest BCUT2D eigenvalue weighted by atomic mass is 16.5. The second kappa shape index (κ2) is 6.51. The molecule has 124 valence electrons. The Labute approximate surface area is 136 Å². The lowest BCUT2D eigenvalue weighted by Gasteiger charge is -2.34. The van der Waals surface area contributed by atoms with Crippen LogP contribution in [-0.4, -0.2) is 48.2 Å². The highest BCUT2D eigenvalue weighted by molar-refractivity contribution is 5.06. The molecule has 4 rings (SSSR count). The Bertz CT molecular complexity index is 596. The highest BCUT2D eigenvalue weighted by Crippen LogP contribution is 2.33. The Morgan fingerprint density at radius 2 is 1.96 bits per heavy atom. The van der Waals surface area contributed by atoms with E-state index in [0.717, 1.165) is 44.2 Å². The maximum absolute atomic E-state index is 6.16. The standard InChI is InChI=1S/C18H24N2O3/c1-19(11-14-5-2-8-21-14)17-13-20(12-15-6-3-9-22-15)16-7-4-10-23-18(16)17/h2-3,5-6,8-9,16-18H,4,7,10-13H2,1H3/t16-,17-,18+/m1/s1. The van der Waals surface area contributed by atoms with Crippen LogP contribution in [0.25, 0.3) is 0 Å². The third kappa shape index (κ3) is 3.09. The van der Waals surface area contributed by atoms with Gasteiger partial charge in [0, 0.05) is 19.2 Å². The summed E-state index contributed by atoms with van der Waals surface area (Å²) in [4.78, 5) is 4.88. The van der Waals surface area contributed by atoms with Crippen LogP contribution < -0.4 is 0 Å². The third-order valence-corrected chi connectivity index (χ3v) is 5.09. The predicted octanol–water partition coefficient (Wildman–Crippen LogP) is 2.74. The van der Waals surface area contributed by atoms with Crippen molar-refractivity contribution in [2.45, 2.75) is 44.1 Å². The number of likely N-dealkylation sites (tertiary alicyclic amines) is 1. The number of ether oxygens (including phenoxy) is 1. The molecule has 2 aliphatic heterocycles. The number of hydrogen-bond acceptors (Lipinski definition) is 5. The van der Waals surface area contributed by atoms with Gasteiger partial charge in [-0.1, -0.05) is 0 Å². The Morgan fingerprint density at radius 1 is 1.17 bits per heavy atom. The number of likely N-dealkylation sites (N-methyl/N-ethyl adjacent to an activating group) is 1. The van der Waals surface area contributed by atoms with E-state index in [4.69, 9.17) is 13.6 Å². The molecular formula is C18H24N2O3. The summed E-state index contributed by atoms with van der Waals surface area (Å²) in [5.41, 5.74) is 0. The first-order valence-corrected chi connectivity index (χ1v) is 8.42. The first-order valence-electron chi connectivity index (χ1n) is 8.42. The molecule has 23 heavy (non-hydrogen) atoms. The van der Waals surface area contributed by atoms with Crippen LogP contribution in [0, 0.1) is 0 Å². The molecule has 2 aliphatic rings. The van der Waals surface area contributed by atoms with E-state index in [1.807, 2.05) is 18.2 Å². The lowest BCUT2D eigenvalue weighted by Crippen LogP contribution is -2.46. The molecule has 0 radical (unpaired) electrons. The number of fused-ring (bicyclic) bond motifs is 1. The van der Waals surface area contributed by atoms with E-state index < -0.39 is 0 Å². The summed E-state index contributed by atoms with van der Waals surface area (Å²) in [6.45, 7) is 3.57. The average molecular weight is 316 g/mol. The molecule has 2 saturated heterocycles. The molecule has 4 heterocycles. The Morgan fingerprint density at radius 3 is 2.70 bits per heavy atom. The Hall–Kier alpha value is -1.56. The minimum atomic E-state index is 0.277. The van der Waals surface area contributed by atoms with Crippen LogP contribution in [0.2, 0.25) is 0 Å². The fourth-order valence-electron chi connectivity index (χ4n) is 3.96. The average Bonchev–Trinajstić information content (AvgIpc) is 3.29. The van der Waals surface area contributed by atoms with Crippen molar-refractivity contribution < 1.29 is 13.6 Å². The van der Waals surface area contributed by atoms with Crippen molar-refractivity contribution in [1.29, 1.82) is 0 Å². The summed E-state index contributed by atoms with van der Waals surface area (Å²) >= 11 is 0. The monoisotopic (exact) mass is 316 g/mol. The van der Waals surface area contributed by atoms with Crippen molar-refractivity contribution in [3.63, 3.8) is 0 Å². The van der Waals surface area contributed by atoms with Gasteiger partial charge < -0.3 is 13.6 Å². The maximum atomic E-state index is 6.16. The number of nitrogens with zero attached hydrogens (tertiary/aromatic N) is 2. The van der Waals surface area contributed by atoms with Crippen LogP contribution in [0.5, 0.6) is 0 Å². The molecule has 5 heteroatoms. The van der Waals surface area contributed by atoms with E-state index in [1.165, 1.54) is 6.42 Å². The topological polar surface area (TPSA) is 42.0 Å². The van der Waals surface area contributed by atoms with Crippen molar-refractivity contribution in [3.8, 4) is 0 Å². The summed E-state index contributed by atoms with van der Waals surface area (Å²) in [6.07, 6.45) is 6.11. The van der Waals surface area contributed by atoms with Crippen molar-refractivity contribution >= 4 is 0 Å². The predicted molar refractivity (Wildman–Crippen MR) is 85.8 cm³/mol. The molecule has 2 fully saturated rings. The Balaban J connectivity index is 1.48. The Kier molecular flexibility index (Phi) is 4.25. The van der Waals surface area contributed by atoms with Gasteiger partial charge in [0.25, 0.3) is 0 Å². The zero-order valence-corrected chi connectivity index (χ0v) is 13.6. The molecular weight excluding hydrogens is 292 g/mol. The number of furan rings is 2. The van der Waals surface area contributed by atoms with E-state index >= 15 is 0 Å². The quantitative estimate of drug-likeness (QED) is 0.848. The van der Waals surface area contributed by atoms with Gasteiger partial charge in [0.15, 0.2) is 0 Å². The fourth-order valence-corrected chi connectivity index (χ4v) is 3.96. The van der Waals surface area contributed by atoms with Gasteiger partial charge in [-0.25, -0.2) is 0 Å². The molecule has 0 spiro atoms. The molecule has 0 aliphatic carbocycles. The summed E-state index contributed by atoms with van der Waals surface area (Å²) in [5, 5.41) is 0. The van der Waals surface area contributed by atoms with Crippen LogP contribution in [0.4, 0.5) is 0 Å². The molecule has 5 nitrogen and oxygen atoms in total. The molecule has 0 unspecified atom stereocenters. The minimum absolute atomic E-state index is 0.277. The molecule has 0 saturated carbocycles. The lowest BCUT2D eigenvalue weighted by atomic mass is 10.00. The van der Waals surface area contributed by atoms with Crippen molar-refractivity contribution in [1.82, 2.24) is 9.80 Å². The zero-order chi connectivity index (χ0) is 15.6. The summed E-state index contributed by atoms with van der Waals surface area (Å²) in [5.74, 6) is 2.04. The maximum Gasteiger partial charge on any atom is 0.117 e. The first-order chi connectivity index (χ1) is 11.3. The van der Waals surface area contributed by atoms with Crippen LogP contribution >= 0.6 is 0 Å². The van der Waals surface area contributed by atoms with Crippen LogP contribution in [-0.2, 0) is 17.8 Å². The second-order valence-corrected chi connectivity index (χ2v) is 6.62. The smallest absolute Gasteiger partial charge is 0.117 e. The van der Waals surface area contributed by atoms with Crippen molar-refractivity contribution in [2.75, 3.05) is 20.2 Å². The van der Waals surface area contributed by atoms with Gasteiger partial charge in [-0.3, -0.25) is 9.80 Å². The molecule has 0 amide bonds. The molecule has 2 aromatic heterocycles.